The highest BCUT2D eigenvalue weighted by Gasteiger charge is 2.35. The predicted octanol–water partition coefficient (Wildman–Crippen LogP) is 4.18. The summed E-state index contributed by atoms with van der Waals surface area (Å²) in [6.45, 7) is 1.88. The maximum Gasteiger partial charge on any atom is 0.293 e. The first-order chi connectivity index (χ1) is 16.4. The topological polar surface area (TPSA) is 84.3 Å². The first-order valence-electron chi connectivity index (χ1n) is 10.5. The van der Waals surface area contributed by atoms with Crippen molar-refractivity contribution in [3.05, 3.63) is 88.1 Å². The molecule has 7 nitrogen and oxygen atoms in total. The third kappa shape index (κ3) is 4.76. The standard InChI is InChI=1S/C24H20F2N4O3S/c1-2-20-18(14-28-30(20)17-9-7-16(25)8-10-17)22(31)27-11-12-29-23(32)21(34-24(29)33)13-15-5-3-4-6-19(15)26/h3-10,13-14H,2,11-12H2,1H3,(H,27,31)/b21-13-. The molecule has 4 rings (SSSR count). The van der Waals surface area contributed by atoms with E-state index in [1.165, 1.54) is 42.6 Å². The second kappa shape index (κ2) is 10.0. The Bertz CT molecular complexity index is 1290. The Morgan fingerprint density at radius 1 is 1.12 bits per heavy atom. The molecule has 3 amide bonds. The summed E-state index contributed by atoms with van der Waals surface area (Å²) in [5.74, 6) is -1.80. The van der Waals surface area contributed by atoms with Crippen LogP contribution in [0.15, 0.2) is 59.6 Å². The molecule has 1 fully saturated rings. The quantitative estimate of drug-likeness (QED) is 0.511. The number of benzene rings is 2. The molecule has 0 radical (unpaired) electrons. The largest absolute Gasteiger partial charge is 0.350 e. The van der Waals surface area contributed by atoms with Gasteiger partial charge in [0.1, 0.15) is 11.6 Å². The summed E-state index contributed by atoms with van der Waals surface area (Å²) in [5, 5.41) is 6.46. The van der Waals surface area contributed by atoms with Gasteiger partial charge in [0.25, 0.3) is 17.1 Å². The van der Waals surface area contributed by atoms with Crippen LogP contribution >= 0.6 is 11.8 Å². The van der Waals surface area contributed by atoms with Crippen LogP contribution in [0.5, 0.6) is 0 Å². The average Bonchev–Trinajstić information content (AvgIpc) is 3.37. The van der Waals surface area contributed by atoms with Gasteiger partial charge in [-0.15, -0.1) is 0 Å². The van der Waals surface area contributed by atoms with Crippen LogP contribution in [0.4, 0.5) is 13.6 Å². The van der Waals surface area contributed by atoms with Crippen molar-refractivity contribution in [3.8, 4) is 5.69 Å². The Balaban J connectivity index is 1.40. The van der Waals surface area contributed by atoms with Gasteiger partial charge in [0.2, 0.25) is 0 Å². The Kier molecular flexibility index (Phi) is 6.87. The smallest absolute Gasteiger partial charge is 0.293 e. The molecule has 0 bridgehead atoms. The van der Waals surface area contributed by atoms with Crippen molar-refractivity contribution in [1.29, 1.82) is 0 Å². The van der Waals surface area contributed by atoms with E-state index in [1.807, 2.05) is 6.92 Å². The zero-order valence-corrected chi connectivity index (χ0v) is 18.9. The number of imide groups is 1. The molecule has 0 atom stereocenters. The minimum Gasteiger partial charge on any atom is -0.350 e. The molecule has 34 heavy (non-hydrogen) atoms. The van der Waals surface area contributed by atoms with Crippen LogP contribution in [-0.4, -0.2) is 44.8 Å². The van der Waals surface area contributed by atoms with Crippen molar-refractivity contribution in [3.63, 3.8) is 0 Å². The van der Waals surface area contributed by atoms with E-state index in [0.29, 0.717) is 23.4 Å². The van der Waals surface area contributed by atoms with Crippen LogP contribution < -0.4 is 5.32 Å². The summed E-state index contributed by atoms with van der Waals surface area (Å²) in [7, 11) is 0. The van der Waals surface area contributed by atoms with E-state index < -0.39 is 22.9 Å². The third-order valence-corrected chi connectivity index (χ3v) is 6.11. The molecular formula is C24H20F2N4O3S. The van der Waals surface area contributed by atoms with E-state index in [0.717, 1.165) is 16.7 Å². The van der Waals surface area contributed by atoms with Crippen LogP contribution in [0.2, 0.25) is 0 Å². The van der Waals surface area contributed by atoms with Gasteiger partial charge in [0.15, 0.2) is 0 Å². The number of halogens is 2. The van der Waals surface area contributed by atoms with Crippen molar-refractivity contribution in [2.45, 2.75) is 13.3 Å². The highest BCUT2D eigenvalue weighted by Crippen LogP contribution is 2.32. The molecular weight excluding hydrogens is 462 g/mol. The first kappa shape index (κ1) is 23.4. The maximum absolute atomic E-state index is 13.9. The molecule has 10 heteroatoms. The highest BCUT2D eigenvalue weighted by molar-refractivity contribution is 8.18. The van der Waals surface area contributed by atoms with Crippen LogP contribution in [0.3, 0.4) is 0 Å². The maximum atomic E-state index is 13.9. The number of carbonyl (C=O) groups is 3. The lowest BCUT2D eigenvalue weighted by Gasteiger charge is -2.13. The van der Waals surface area contributed by atoms with Crippen LogP contribution in [0.25, 0.3) is 11.8 Å². The Hall–Kier alpha value is -3.79. The van der Waals surface area contributed by atoms with Crippen molar-refractivity contribution in [2.24, 2.45) is 0 Å². The van der Waals surface area contributed by atoms with Gasteiger partial charge in [-0.2, -0.15) is 5.10 Å². The van der Waals surface area contributed by atoms with Crippen molar-refractivity contribution in [2.75, 3.05) is 13.1 Å². The third-order valence-electron chi connectivity index (χ3n) is 5.21. The first-order valence-corrected chi connectivity index (χ1v) is 11.3. The molecule has 3 aromatic rings. The van der Waals surface area contributed by atoms with Gasteiger partial charge in [0, 0.05) is 18.7 Å². The molecule has 1 aromatic heterocycles. The number of carbonyl (C=O) groups excluding carboxylic acids is 3. The molecule has 1 aliphatic heterocycles. The van der Waals surface area contributed by atoms with Crippen molar-refractivity contribution >= 4 is 34.9 Å². The zero-order chi connectivity index (χ0) is 24.2. The molecule has 1 aliphatic rings. The fourth-order valence-corrected chi connectivity index (χ4v) is 4.37. The van der Waals surface area contributed by atoms with Gasteiger partial charge in [-0.25, -0.2) is 13.5 Å². The lowest BCUT2D eigenvalue weighted by atomic mass is 10.2. The van der Waals surface area contributed by atoms with E-state index in [2.05, 4.69) is 10.4 Å². The lowest BCUT2D eigenvalue weighted by Crippen LogP contribution is -2.37. The van der Waals surface area contributed by atoms with E-state index in [1.54, 1.807) is 22.9 Å². The monoisotopic (exact) mass is 482 g/mol. The second-order valence-corrected chi connectivity index (χ2v) is 8.35. The van der Waals surface area contributed by atoms with E-state index in [9.17, 15) is 23.2 Å². The molecule has 0 unspecified atom stereocenters. The Labute approximate surface area is 198 Å². The number of thioether (sulfide) groups is 1. The SMILES string of the molecule is CCc1c(C(=O)NCCN2C(=O)S/C(=C\c3ccccc3F)C2=O)cnn1-c1ccc(F)cc1. The number of aromatic nitrogens is 2. The number of nitrogens with one attached hydrogen (secondary N) is 1. The number of amides is 3. The summed E-state index contributed by atoms with van der Waals surface area (Å²) >= 11 is 0.728. The molecule has 0 aliphatic carbocycles. The molecule has 0 spiro atoms. The fraction of sp³-hybridized carbons (Fsp3) is 0.167. The van der Waals surface area contributed by atoms with E-state index >= 15 is 0 Å². The summed E-state index contributed by atoms with van der Waals surface area (Å²) < 4.78 is 28.7. The number of hydrogen-bond acceptors (Lipinski definition) is 5. The van der Waals surface area contributed by atoms with Gasteiger partial charge in [-0.05, 0) is 54.6 Å². The van der Waals surface area contributed by atoms with E-state index in [-0.39, 0.29) is 29.4 Å². The number of nitrogens with zero attached hydrogens (tertiary/aromatic N) is 3. The summed E-state index contributed by atoms with van der Waals surface area (Å²) in [6, 6.07) is 11.7. The van der Waals surface area contributed by atoms with Crippen molar-refractivity contribution < 1.29 is 23.2 Å². The van der Waals surface area contributed by atoms with E-state index in [4.69, 9.17) is 0 Å². The molecule has 1 saturated heterocycles. The summed E-state index contributed by atoms with van der Waals surface area (Å²) in [6.07, 6.45) is 3.27. The van der Waals surface area contributed by atoms with Gasteiger partial charge >= 0.3 is 0 Å². The second-order valence-electron chi connectivity index (χ2n) is 7.36. The highest BCUT2D eigenvalue weighted by atomic mass is 32.2. The minimum atomic E-state index is -0.536. The van der Waals surface area contributed by atoms with Gasteiger partial charge < -0.3 is 5.32 Å². The summed E-state index contributed by atoms with van der Waals surface area (Å²) in [5.41, 5.74) is 1.83. The predicted molar refractivity (Wildman–Crippen MR) is 124 cm³/mol. The van der Waals surface area contributed by atoms with Gasteiger partial charge in [0.05, 0.1) is 28.0 Å². The number of hydrogen-bond donors (Lipinski definition) is 1. The molecule has 0 saturated carbocycles. The average molecular weight is 483 g/mol. The molecule has 174 valence electrons. The minimum absolute atomic E-state index is 0.0292. The normalized spacial score (nSPS) is 14.8. The Morgan fingerprint density at radius 3 is 2.56 bits per heavy atom. The van der Waals surface area contributed by atoms with Crippen LogP contribution in [0, 0.1) is 11.6 Å². The van der Waals surface area contributed by atoms with Crippen LogP contribution in [0.1, 0.15) is 28.5 Å². The summed E-state index contributed by atoms with van der Waals surface area (Å²) in [4.78, 5) is 38.8. The zero-order valence-electron chi connectivity index (χ0n) is 18.1. The lowest BCUT2D eigenvalue weighted by molar-refractivity contribution is -0.122. The number of rotatable bonds is 7. The Morgan fingerprint density at radius 2 is 1.85 bits per heavy atom. The van der Waals surface area contributed by atoms with Crippen molar-refractivity contribution in [1.82, 2.24) is 20.0 Å². The van der Waals surface area contributed by atoms with Gasteiger partial charge in [-0.3, -0.25) is 19.3 Å². The van der Waals surface area contributed by atoms with Crippen LogP contribution in [-0.2, 0) is 11.2 Å². The molecule has 2 aromatic carbocycles. The van der Waals surface area contributed by atoms with Gasteiger partial charge in [-0.1, -0.05) is 25.1 Å². The molecule has 2 heterocycles. The fourth-order valence-electron chi connectivity index (χ4n) is 3.51. The molecule has 1 N–H and O–H groups in total.